The van der Waals surface area contributed by atoms with Crippen molar-refractivity contribution in [1.82, 2.24) is 0 Å². The largest absolute Gasteiger partial charge is 0.478 e. The van der Waals surface area contributed by atoms with E-state index in [-0.39, 0.29) is 0 Å². The highest BCUT2D eigenvalue weighted by Gasteiger charge is 2.23. The predicted molar refractivity (Wildman–Crippen MR) is 63.0 cm³/mol. The zero-order valence-corrected chi connectivity index (χ0v) is 9.53. The summed E-state index contributed by atoms with van der Waals surface area (Å²) in [5, 5.41) is 17.6. The number of para-hydroxylation sites is 1. The smallest absolute Gasteiger partial charge is 0.353 e. The zero-order valence-electron chi connectivity index (χ0n) is 9.53. The monoisotopic (exact) mass is 249 g/mol. The molecule has 0 aliphatic heterocycles. The molecule has 0 heterocycles. The number of carbonyl (C=O) groups excluding carboxylic acids is 1. The van der Waals surface area contributed by atoms with E-state index in [4.69, 9.17) is 10.2 Å². The number of aliphatic carboxylic acids is 2. The summed E-state index contributed by atoms with van der Waals surface area (Å²) >= 11 is 0. The molecule has 0 saturated carbocycles. The number of carbonyl (C=O) groups is 3. The summed E-state index contributed by atoms with van der Waals surface area (Å²) in [6.45, 7) is 1.16. The Morgan fingerprint density at radius 3 is 2.06 bits per heavy atom. The third-order valence-electron chi connectivity index (χ3n) is 2.05. The summed E-state index contributed by atoms with van der Waals surface area (Å²) in [5.41, 5.74) is -0.318. The van der Waals surface area contributed by atoms with Crippen LogP contribution in [0.1, 0.15) is 6.92 Å². The topological polar surface area (TPSA) is 94.9 Å². The second-order valence-corrected chi connectivity index (χ2v) is 3.36. The van der Waals surface area contributed by atoms with Crippen LogP contribution < -0.4 is 4.90 Å². The van der Waals surface area contributed by atoms with Gasteiger partial charge < -0.3 is 10.2 Å². The fourth-order valence-corrected chi connectivity index (χ4v) is 1.41. The summed E-state index contributed by atoms with van der Waals surface area (Å²) < 4.78 is 0. The number of anilines is 1. The van der Waals surface area contributed by atoms with E-state index in [0.717, 1.165) is 11.8 Å². The van der Waals surface area contributed by atoms with Crippen molar-refractivity contribution in [3.63, 3.8) is 0 Å². The molecule has 6 heteroatoms. The van der Waals surface area contributed by atoms with Crippen LogP contribution in [0.25, 0.3) is 0 Å². The molecule has 94 valence electrons. The van der Waals surface area contributed by atoms with E-state index in [1.807, 2.05) is 0 Å². The molecule has 0 unspecified atom stereocenters. The molecule has 0 aromatic heterocycles. The standard InChI is InChI=1S/C12H11NO5/c1-8(14)13(9-5-3-2-4-6-9)10(12(17)18)7-11(15)16/h2-7H,1H3,(H,15,16)(H,17,18)/b10-7+. The van der Waals surface area contributed by atoms with Gasteiger partial charge in [0.05, 0.1) is 6.08 Å². The van der Waals surface area contributed by atoms with Crippen molar-refractivity contribution in [2.45, 2.75) is 6.92 Å². The Kier molecular flexibility index (Phi) is 4.20. The first-order valence-corrected chi connectivity index (χ1v) is 4.97. The third-order valence-corrected chi connectivity index (χ3v) is 2.05. The van der Waals surface area contributed by atoms with Gasteiger partial charge in [-0.3, -0.25) is 9.69 Å². The minimum absolute atomic E-state index is 0.292. The zero-order chi connectivity index (χ0) is 13.7. The Labute approximate surface area is 103 Å². The molecule has 0 aliphatic rings. The van der Waals surface area contributed by atoms with Gasteiger partial charge in [0, 0.05) is 12.6 Å². The Morgan fingerprint density at radius 2 is 1.67 bits per heavy atom. The van der Waals surface area contributed by atoms with Crippen molar-refractivity contribution in [3.8, 4) is 0 Å². The van der Waals surface area contributed by atoms with Crippen LogP contribution in [0, 0.1) is 0 Å². The number of rotatable bonds is 4. The van der Waals surface area contributed by atoms with Crippen molar-refractivity contribution >= 4 is 23.5 Å². The molecular formula is C12H11NO5. The van der Waals surface area contributed by atoms with Gasteiger partial charge in [0.25, 0.3) is 0 Å². The summed E-state index contributed by atoms with van der Waals surface area (Å²) in [5.74, 6) is -3.51. The van der Waals surface area contributed by atoms with Crippen LogP contribution in [0.15, 0.2) is 42.1 Å². The summed E-state index contributed by atoms with van der Waals surface area (Å²) in [4.78, 5) is 34.0. The molecule has 18 heavy (non-hydrogen) atoms. The Hall–Kier alpha value is -2.63. The number of carboxylic acid groups (broad SMARTS) is 2. The lowest BCUT2D eigenvalue weighted by Gasteiger charge is -2.21. The highest BCUT2D eigenvalue weighted by molar-refractivity contribution is 6.07. The van der Waals surface area contributed by atoms with Gasteiger partial charge in [0.2, 0.25) is 5.91 Å². The van der Waals surface area contributed by atoms with E-state index in [0.29, 0.717) is 11.8 Å². The maximum absolute atomic E-state index is 11.5. The van der Waals surface area contributed by atoms with E-state index in [9.17, 15) is 14.4 Å². The number of benzene rings is 1. The van der Waals surface area contributed by atoms with Crippen molar-refractivity contribution in [1.29, 1.82) is 0 Å². The van der Waals surface area contributed by atoms with Gasteiger partial charge in [-0.15, -0.1) is 0 Å². The van der Waals surface area contributed by atoms with Crippen LogP contribution in [0.2, 0.25) is 0 Å². The van der Waals surface area contributed by atoms with Crippen LogP contribution in [0.3, 0.4) is 0 Å². The second-order valence-electron chi connectivity index (χ2n) is 3.36. The van der Waals surface area contributed by atoms with Crippen molar-refractivity contribution in [2.75, 3.05) is 4.90 Å². The Bertz CT molecular complexity index is 506. The van der Waals surface area contributed by atoms with E-state index in [1.165, 1.54) is 12.1 Å². The SMILES string of the molecule is CC(=O)N(/C(=C/C(=O)O)C(=O)O)c1ccccc1. The van der Waals surface area contributed by atoms with Gasteiger partial charge >= 0.3 is 11.9 Å². The van der Waals surface area contributed by atoms with Gasteiger partial charge in [-0.25, -0.2) is 9.59 Å². The van der Waals surface area contributed by atoms with Crippen molar-refractivity contribution in [2.24, 2.45) is 0 Å². The fourth-order valence-electron chi connectivity index (χ4n) is 1.41. The van der Waals surface area contributed by atoms with Crippen molar-refractivity contribution in [3.05, 3.63) is 42.1 Å². The van der Waals surface area contributed by atoms with Crippen LogP contribution >= 0.6 is 0 Å². The van der Waals surface area contributed by atoms with Crippen LogP contribution in [0.4, 0.5) is 5.69 Å². The first-order valence-electron chi connectivity index (χ1n) is 4.97. The summed E-state index contributed by atoms with van der Waals surface area (Å²) in [7, 11) is 0. The molecule has 0 atom stereocenters. The number of nitrogens with zero attached hydrogens (tertiary/aromatic N) is 1. The lowest BCUT2D eigenvalue weighted by atomic mass is 10.2. The minimum Gasteiger partial charge on any atom is -0.478 e. The molecule has 1 aromatic carbocycles. The molecule has 0 saturated heterocycles. The van der Waals surface area contributed by atoms with Gasteiger partial charge in [-0.1, -0.05) is 18.2 Å². The number of hydrogen-bond donors (Lipinski definition) is 2. The van der Waals surface area contributed by atoms with Crippen LogP contribution in [-0.2, 0) is 14.4 Å². The van der Waals surface area contributed by atoms with Crippen molar-refractivity contribution < 1.29 is 24.6 Å². The molecule has 0 radical (unpaired) electrons. The quantitative estimate of drug-likeness (QED) is 0.779. The molecule has 2 N–H and O–H groups in total. The molecule has 1 aromatic rings. The minimum atomic E-state index is -1.49. The molecule has 6 nitrogen and oxygen atoms in total. The van der Waals surface area contributed by atoms with Crippen LogP contribution in [0.5, 0.6) is 0 Å². The molecule has 1 rings (SSSR count). The van der Waals surface area contributed by atoms with E-state index in [1.54, 1.807) is 18.2 Å². The lowest BCUT2D eigenvalue weighted by Crippen LogP contribution is -2.32. The summed E-state index contributed by atoms with van der Waals surface area (Å²) in [6, 6.07) is 7.96. The highest BCUT2D eigenvalue weighted by atomic mass is 16.4. The Balaban J connectivity index is 3.31. The number of amides is 1. The van der Waals surface area contributed by atoms with Crippen LogP contribution in [-0.4, -0.2) is 28.1 Å². The molecule has 1 amide bonds. The fraction of sp³-hybridized carbons (Fsp3) is 0.0833. The summed E-state index contributed by atoms with van der Waals surface area (Å²) in [6.07, 6.45) is 0.483. The molecule has 0 spiro atoms. The average Bonchev–Trinajstić information content (AvgIpc) is 2.28. The highest BCUT2D eigenvalue weighted by Crippen LogP contribution is 2.19. The van der Waals surface area contributed by atoms with Gasteiger partial charge in [0.15, 0.2) is 0 Å². The normalized spacial score (nSPS) is 10.8. The van der Waals surface area contributed by atoms with E-state index >= 15 is 0 Å². The molecular weight excluding hydrogens is 238 g/mol. The molecule has 0 bridgehead atoms. The molecule has 0 aliphatic carbocycles. The van der Waals surface area contributed by atoms with Gasteiger partial charge in [0.1, 0.15) is 5.70 Å². The number of hydrogen-bond acceptors (Lipinski definition) is 3. The molecule has 0 fully saturated rings. The van der Waals surface area contributed by atoms with Gasteiger partial charge in [-0.2, -0.15) is 0 Å². The average molecular weight is 249 g/mol. The lowest BCUT2D eigenvalue weighted by molar-refractivity contribution is -0.135. The first kappa shape index (κ1) is 13.4. The second kappa shape index (κ2) is 5.62. The first-order chi connectivity index (χ1) is 8.43. The van der Waals surface area contributed by atoms with Gasteiger partial charge in [-0.05, 0) is 12.1 Å². The Morgan fingerprint density at radius 1 is 1.11 bits per heavy atom. The number of carboxylic acids is 2. The maximum Gasteiger partial charge on any atom is 0.353 e. The maximum atomic E-state index is 11.5. The van der Waals surface area contributed by atoms with E-state index < -0.39 is 23.5 Å². The predicted octanol–water partition coefficient (Wildman–Crippen LogP) is 1.09. The third kappa shape index (κ3) is 3.18. The van der Waals surface area contributed by atoms with E-state index in [2.05, 4.69) is 0 Å².